The molecule has 1 fully saturated rings. The van der Waals surface area contributed by atoms with Gasteiger partial charge in [-0.1, -0.05) is 16.8 Å². The van der Waals surface area contributed by atoms with Crippen LogP contribution in [0.4, 0.5) is 0 Å². The minimum Gasteiger partial charge on any atom is -0.506 e. The number of benzene rings is 1. The SMILES string of the molecule is Oc1ccc(-c2nc(C3CCOC3)no2)cc1Cl. The molecule has 1 aromatic carbocycles. The topological polar surface area (TPSA) is 68.4 Å². The summed E-state index contributed by atoms with van der Waals surface area (Å²) in [6.45, 7) is 1.37. The van der Waals surface area contributed by atoms with Gasteiger partial charge < -0.3 is 14.4 Å². The highest BCUT2D eigenvalue weighted by Crippen LogP contribution is 2.30. The first-order valence-corrected chi connectivity index (χ1v) is 6.02. The van der Waals surface area contributed by atoms with E-state index in [1.807, 2.05) is 0 Å². The minimum absolute atomic E-state index is 0.0318. The maximum absolute atomic E-state index is 9.35. The number of halogens is 1. The molecule has 1 saturated heterocycles. The summed E-state index contributed by atoms with van der Waals surface area (Å²) in [6.07, 6.45) is 0.912. The van der Waals surface area contributed by atoms with Gasteiger partial charge in [0.25, 0.3) is 5.89 Å². The average Bonchev–Trinajstić information content (AvgIpc) is 3.01. The lowest BCUT2D eigenvalue weighted by Crippen LogP contribution is -1.99. The second-order valence-electron chi connectivity index (χ2n) is 4.18. The molecule has 2 aromatic rings. The van der Waals surface area contributed by atoms with E-state index in [4.69, 9.17) is 20.9 Å². The summed E-state index contributed by atoms with van der Waals surface area (Å²) in [7, 11) is 0. The summed E-state index contributed by atoms with van der Waals surface area (Å²) in [5.74, 6) is 1.30. The third kappa shape index (κ3) is 2.07. The number of phenolic OH excluding ortho intramolecular Hbond substituents is 1. The minimum atomic E-state index is 0.0318. The van der Waals surface area contributed by atoms with Crippen molar-refractivity contribution in [2.45, 2.75) is 12.3 Å². The Balaban J connectivity index is 1.89. The smallest absolute Gasteiger partial charge is 0.257 e. The fourth-order valence-corrected chi connectivity index (χ4v) is 2.08. The van der Waals surface area contributed by atoms with Crippen LogP contribution in [-0.2, 0) is 4.74 Å². The van der Waals surface area contributed by atoms with Gasteiger partial charge in [0.1, 0.15) is 5.75 Å². The van der Waals surface area contributed by atoms with Crippen LogP contribution in [0, 0.1) is 0 Å². The van der Waals surface area contributed by atoms with E-state index in [1.165, 1.54) is 6.07 Å². The van der Waals surface area contributed by atoms with Crippen molar-refractivity contribution in [2.75, 3.05) is 13.2 Å². The van der Waals surface area contributed by atoms with Crippen LogP contribution in [0.2, 0.25) is 5.02 Å². The van der Waals surface area contributed by atoms with Crippen molar-refractivity contribution in [2.24, 2.45) is 0 Å². The van der Waals surface area contributed by atoms with E-state index in [2.05, 4.69) is 10.1 Å². The average molecular weight is 267 g/mol. The molecule has 1 aromatic heterocycles. The van der Waals surface area contributed by atoms with E-state index in [0.717, 1.165) is 13.0 Å². The lowest BCUT2D eigenvalue weighted by molar-refractivity contribution is 0.192. The summed E-state index contributed by atoms with van der Waals surface area (Å²) >= 11 is 5.84. The van der Waals surface area contributed by atoms with Gasteiger partial charge in [0.2, 0.25) is 0 Å². The number of phenols is 1. The first kappa shape index (κ1) is 11.5. The Morgan fingerprint density at radius 3 is 3.00 bits per heavy atom. The van der Waals surface area contributed by atoms with Crippen LogP contribution in [0.15, 0.2) is 22.7 Å². The summed E-state index contributed by atoms with van der Waals surface area (Å²) in [4.78, 5) is 4.34. The van der Waals surface area contributed by atoms with Gasteiger partial charge in [0, 0.05) is 18.1 Å². The molecular weight excluding hydrogens is 256 g/mol. The molecule has 0 radical (unpaired) electrons. The van der Waals surface area contributed by atoms with Gasteiger partial charge in [0.05, 0.1) is 11.6 Å². The van der Waals surface area contributed by atoms with Crippen LogP contribution >= 0.6 is 11.6 Å². The quantitative estimate of drug-likeness (QED) is 0.905. The lowest BCUT2D eigenvalue weighted by atomic mass is 10.1. The van der Waals surface area contributed by atoms with Gasteiger partial charge >= 0.3 is 0 Å². The Bertz CT molecular complexity index is 564. The zero-order valence-corrected chi connectivity index (χ0v) is 10.2. The zero-order chi connectivity index (χ0) is 12.5. The lowest BCUT2D eigenvalue weighted by Gasteiger charge is -1.99. The van der Waals surface area contributed by atoms with Gasteiger partial charge in [-0.05, 0) is 24.6 Å². The Hall–Kier alpha value is -1.59. The zero-order valence-electron chi connectivity index (χ0n) is 9.47. The van der Waals surface area contributed by atoms with Crippen LogP contribution < -0.4 is 0 Å². The maximum atomic E-state index is 9.35. The monoisotopic (exact) mass is 266 g/mol. The molecule has 94 valence electrons. The van der Waals surface area contributed by atoms with E-state index in [0.29, 0.717) is 23.9 Å². The first-order valence-electron chi connectivity index (χ1n) is 5.64. The molecule has 1 aliphatic rings. The number of aromatic nitrogens is 2. The second-order valence-corrected chi connectivity index (χ2v) is 4.59. The first-order chi connectivity index (χ1) is 8.74. The highest BCUT2D eigenvalue weighted by Gasteiger charge is 2.23. The van der Waals surface area contributed by atoms with Crippen LogP contribution in [0.25, 0.3) is 11.5 Å². The number of rotatable bonds is 2. The highest BCUT2D eigenvalue weighted by atomic mass is 35.5. The Morgan fingerprint density at radius 2 is 2.28 bits per heavy atom. The van der Waals surface area contributed by atoms with Crippen molar-refractivity contribution in [3.05, 3.63) is 29.0 Å². The molecule has 1 unspecified atom stereocenters. The highest BCUT2D eigenvalue weighted by molar-refractivity contribution is 6.32. The number of aromatic hydroxyl groups is 1. The van der Waals surface area contributed by atoms with Crippen LogP contribution in [-0.4, -0.2) is 28.5 Å². The molecule has 0 aliphatic carbocycles. The van der Waals surface area contributed by atoms with E-state index in [-0.39, 0.29) is 16.7 Å². The van der Waals surface area contributed by atoms with Crippen molar-refractivity contribution < 1.29 is 14.4 Å². The Kier molecular flexibility index (Phi) is 2.93. The van der Waals surface area contributed by atoms with E-state index < -0.39 is 0 Å². The molecule has 1 N–H and O–H groups in total. The van der Waals surface area contributed by atoms with Crippen molar-refractivity contribution in [3.63, 3.8) is 0 Å². The van der Waals surface area contributed by atoms with Crippen molar-refractivity contribution in [1.29, 1.82) is 0 Å². The maximum Gasteiger partial charge on any atom is 0.257 e. The molecule has 0 amide bonds. The number of hydrogen-bond acceptors (Lipinski definition) is 5. The van der Waals surface area contributed by atoms with Crippen LogP contribution in [0.3, 0.4) is 0 Å². The van der Waals surface area contributed by atoms with Crippen molar-refractivity contribution in [3.8, 4) is 17.2 Å². The predicted molar refractivity (Wildman–Crippen MR) is 64.6 cm³/mol. The third-order valence-electron chi connectivity index (χ3n) is 2.93. The van der Waals surface area contributed by atoms with E-state index >= 15 is 0 Å². The van der Waals surface area contributed by atoms with Gasteiger partial charge in [0.15, 0.2) is 5.82 Å². The summed E-state index contributed by atoms with van der Waals surface area (Å²) in [5.41, 5.74) is 0.690. The molecular formula is C12H11ClN2O3. The van der Waals surface area contributed by atoms with Gasteiger partial charge in [-0.2, -0.15) is 4.98 Å². The van der Waals surface area contributed by atoms with E-state index in [1.54, 1.807) is 12.1 Å². The van der Waals surface area contributed by atoms with Gasteiger partial charge in [-0.25, -0.2) is 0 Å². The molecule has 2 heterocycles. The largest absolute Gasteiger partial charge is 0.506 e. The summed E-state index contributed by atoms with van der Waals surface area (Å²) in [5, 5.41) is 13.6. The van der Waals surface area contributed by atoms with Crippen molar-refractivity contribution >= 4 is 11.6 Å². The van der Waals surface area contributed by atoms with Crippen molar-refractivity contribution in [1.82, 2.24) is 10.1 Å². The van der Waals surface area contributed by atoms with Gasteiger partial charge in [-0.15, -0.1) is 0 Å². The summed E-state index contributed by atoms with van der Waals surface area (Å²) < 4.78 is 10.5. The Labute approximate surface area is 108 Å². The van der Waals surface area contributed by atoms with Gasteiger partial charge in [-0.3, -0.25) is 0 Å². The third-order valence-corrected chi connectivity index (χ3v) is 3.23. The second kappa shape index (κ2) is 4.59. The predicted octanol–water partition coefficient (Wildman–Crippen LogP) is 2.60. The molecule has 0 saturated carbocycles. The number of hydrogen-bond donors (Lipinski definition) is 1. The molecule has 3 rings (SSSR count). The van der Waals surface area contributed by atoms with Crippen LogP contribution in [0.1, 0.15) is 18.2 Å². The standard InChI is InChI=1S/C12H11ClN2O3/c13-9-5-7(1-2-10(9)16)12-14-11(15-18-12)8-3-4-17-6-8/h1-2,5,8,16H,3-4,6H2. The molecule has 6 heteroatoms. The molecule has 1 atom stereocenters. The Morgan fingerprint density at radius 1 is 1.39 bits per heavy atom. The molecule has 0 spiro atoms. The molecule has 5 nitrogen and oxygen atoms in total. The van der Waals surface area contributed by atoms with Crippen LogP contribution in [0.5, 0.6) is 5.75 Å². The van der Waals surface area contributed by atoms with E-state index in [9.17, 15) is 5.11 Å². The normalized spacial score (nSPS) is 19.3. The molecule has 0 bridgehead atoms. The fourth-order valence-electron chi connectivity index (χ4n) is 1.90. The number of ether oxygens (including phenoxy) is 1. The summed E-state index contributed by atoms with van der Waals surface area (Å²) in [6, 6.07) is 4.78. The number of nitrogens with zero attached hydrogens (tertiary/aromatic N) is 2. The fraction of sp³-hybridized carbons (Fsp3) is 0.333. The molecule has 18 heavy (non-hydrogen) atoms. The molecule has 1 aliphatic heterocycles.